The zero-order valence-electron chi connectivity index (χ0n) is 10.9. The molecule has 1 unspecified atom stereocenters. The van der Waals surface area contributed by atoms with Crippen LogP contribution in [-0.4, -0.2) is 6.61 Å². The summed E-state index contributed by atoms with van der Waals surface area (Å²) in [5.74, 6) is 0.891. The van der Waals surface area contributed by atoms with Gasteiger partial charge in [0.1, 0.15) is 5.75 Å². The van der Waals surface area contributed by atoms with Crippen LogP contribution in [-0.2, 0) is 6.42 Å². The Bertz CT molecular complexity index is 670. The third-order valence-electron chi connectivity index (χ3n) is 3.48. The molecule has 0 amide bonds. The number of fused-ring (bicyclic) bond motifs is 1. The smallest absolute Gasteiger partial charge is 0.127 e. The Hall–Kier alpha value is -0.700. The first kappa shape index (κ1) is 14.2. The molecule has 2 aromatic carbocycles. The number of hydrogen-bond acceptors (Lipinski definition) is 1. The lowest BCUT2D eigenvalue weighted by molar-refractivity contribution is 0.353. The molecule has 0 radical (unpaired) electrons. The quantitative estimate of drug-likeness (QED) is 0.617. The molecular weight excluding hydrogens is 359 g/mol. The molecule has 0 aromatic heterocycles. The number of rotatable bonds is 2. The van der Waals surface area contributed by atoms with Gasteiger partial charge in [0.15, 0.2) is 0 Å². The molecule has 0 fully saturated rings. The van der Waals surface area contributed by atoms with Crippen molar-refractivity contribution in [3.8, 4) is 5.75 Å². The summed E-state index contributed by atoms with van der Waals surface area (Å²) in [5.41, 5.74) is 4.30. The van der Waals surface area contributed by atoms with E-state index in [0.29, 0.717) is 11.6 Å². The first-order valence-electron chi connectivity index (χ1n) is 6.41. The van der Waals surface area contributed by atoms with Crippen molar-refractivity contribution in [2.75, 3.05) is 6.61 Å². The maximum absolute atomic E-state index is 6.68. The van der Waals surface area contributed by atoms with Crippen LogP contribution in [0.2, 0.25) is 5.02 Å². The summed E-state index contributed by atoms with van der Waals surface area (Å²) < 4.78 is 6.74. The standard InChI is InChI=1S/C16H13BrCl2O/c1-9-2-3-12(14(17)6-9)15(19)13-8-11(18)7-10-4-5-20-16(10)13/h2-3,6-8,15H,4-5H2,1H3. The van der Waals surface area contributed by atoms with Gasteiger partial charge in [0.25, 0.3) is 0 Å². The molecule has 1 heterocycles. The molecule has 0 aliphatic carbocycles. The van der Waals surface area contributed by atoms with E-state index in [0.717, 1.165) is 33.3 Å². The molecule has 1 aliphatic heterocycles. The highest BCUT2D eigenvalue weighted by Crippen LogP contribution is 2.43. The van der Waals surface area contributed by atoms with E-state index in [2.05, 4.69) is 35.0 Å². The lowest BCUT2D eigenvalue weighted by Crippen LogP contribution is -1.99. The van der Waals surface area contributed by atoms with Gasteiger partial charge in [-0.2, -0.15) is 0 Å². The van der Waals surface area contributed by atoms with Gasteiger partial charge in [0.2, 0.25) is 0 Å². The lowest BCUT2D eigenvalue weighted by atomic mass is 10.00. The second-order valence-corrected chi connectivity index (χ2v) is 6.70. The van der Waals surface area contributed by atoms with Gasteiger partial charge in [0, 0.05) is 21.5 Å². The van der Waals surface area contributed by atoms with Crippen molar-refractivity contribution in [1.82, 2.24) is 0 Å². The average Bonchev–Trinajstić information content (AvgIpc) is 2.85. The van der Waals surface area contributed by atoms with E-state index in [1.165, 1.54) is 5.56 Å². The van der Waals surface area contributed by atoms with Crippen molar-refractivity contribution >= 4 is 39.1 Å². The lowest BCUT2D eigenvalue weighted by Gasteiger charge is -2.16. The molecule has 1 atom stereocenters. The Labute approximate surface area is 137 Å². The Morgan fingerprint density at radius 1 is 1.20 bits per heavy atom. The van der Waals surface area contributed by atoms with E-state index in [9.17, 15) is 0 Å². The van der Waals surface area contributed by atoms with E-state index in [1.54, 1.807) is 0 Å². The van der Waals surface area contributed by atoms with Crippen molar-refractivity contribution in [2.45, 2.75) is 18.7 Å². The van der Waals surface area contributed by atoms with Gasteiger partial charge in [0.05, 0.1) is 12.0 Å². The predicted octanol–water partition coefficient (Wildman–Crippen LogP) is 5.67. The molecule has 1 nitrogen and oxygen atoms in total. The molecule has 4 heteroatoms. The Balaban J connectivity index is 2.09. The maximum atomic E-state index is 6.68. The Kier molecular flexibility index (Phi) is 3.98. The van der Waals surface area contributed by atoms with E-state index in [-0.39, 0.29) is 5.38 Å². The Morgan fingerprint density at radius 3 is 2.75 bits per heavy atom. The van der Waals surface area contributed by atoms with Crippen LogP contribution < -0.4 is 4.74 Å². The van der Waals surface area contributed by atoms with Gasteiger partial charge >= 0.3 is 0 Å². The van der Waals surface area contributed by atoms with Gasteiger partial charge < -0.3 is 4.74 Å². The fraction of sp³-hybridized carbons (Fsp3) is 0.250. The third-order valence-corrected chi connectivity index (χ3v) is 4.85. The fourth-order valence-corrected chi connectivity index (χ4v) is 3.95. The van der Waals surface area contributed by atoms with E-state index >= 15 is 0 Å². The zero-order valence-corrected chi connectivity index (χ0v) is 14.0. The number of hydrogen-bond donors (Lipinski definition) is 0. The van der Waals surface area contributed by atoms with Crippen molar-refractivity contribution in [1.29, 1.82) is 0 Å². The summed E-state index contributed by atoms with van der Waals surface area (Å²) in [7, 11) is 0. The fourth-order valence-electron chi connectivity index (χ4n) is 2.49. The molecule has 3 rings (SSSR count). The van der Waals surface area contributed by atoms with E-state index < -0.39 is 0 Å². The first-order valence-corrected chi connectivity index (χ1v) is 8.02. The van der Waals surface area contributed by atoms with Gasteiger partial charge in [-0.15, -0.1) is 11.6 Å². The van der Waals surface area contributed by atoms with Gasteiger partial charge in [-0.25, -0.2) is 0 Å². The van der Waals surface area contributed by atoms with Gasteiger partial charge in [-0.1, -0.05) is 39.7 Å². The van der Waals surface area contributed by atoms with Crippen LogP contribution in [0, 0.1) is 6.92 Å². The molecule has 20 heavy (non-hydrogen) atoms. The highest BCUT2D eigenvalue weighted by atomic mass is 79.9. The highest BCUT2D eigenvalue weighted by molar-refractivity contribution is 9.10. The molecule has 0 saturated heterocycles. The van der Waals surface area contributed by atoms with Crippen LogP contribution in [0.3, 0.4) is 0 Å². The van der Waals surface area contributed by atoms with Gasteiger partial charge in [-0.05, 0) is 41.8 Å². The van der Waals surface area contributed by atoms with Crippen LogP contribution >= 0.6 is 39.1 Å². The molecule has 2 aromatic rings. The van der Waals surface area contributed by atoms with E-state index in [4.69, 9.17) is 27.9 Å². The largest absolute Gasteiger partial charge is 0.493 e. The molecule has 0 bridgehead atoms. The number of halogens is 3. The molecule has 0 saturated carbocycles. The summed E-state index contributed by atoms with van der Waals surface area (Å²) >= 11 is 16.5. The van der Waals surface area contributed by atoms with Crippen molar-refractivity contribution < 1.29 is 4.74 Å². The van der Waals surface area contributed by atoms with Crippen LogP contribution in [0.4, 0.5) is 0 Å². The molecule has 0 N–H and O–H groups in total. The second-order valence-electron chi connectivity index (χ2n) is 4.97. The average molecular weight is 372 g/mol. The summed E-state index contributed by atoms with van der Waals surface area (Å²) in [5, 5.41) is 0.425. The minimum atomic E-state index is -0.282. The van der Waals surface area contributed by atoms with Crippen LogP contribution in [0.5, 0.6) is 5.75 Å². The second kappa shape index (κ2) is 5.59. The number of aryl methyl sites for hydroxylation is 1. The van der Waals surface area contributed by atoms with Gasteiger partial charge in [-0.3, -0.25) is 0 Å². The summed E-state index contributed by atoms with van der Waals surface area (Å²) in [6, 6.07) is 10.0. The summed E-state index contributed by atoms with van der Waals surface area (Å²) in [6.07, 6.45) is 0.890. The monoisotopic (exact) mass is 370 g/mol. The minimum absolute atomic E-state index is 0.282. The maximum Gasteiger partial charge on any atom is 0.127 e. The number of alkyl halides is 1. The van der Waals surface area contributed by atoms with Crippen molar-refractivity contribution in [3.63, 3.8) is 0 Å². The molecule has 1 aliphatic rings. The predicted molar refractivity (Wildman–Crippen MR) is 87.2 cm³/mol. The van der Waals surface area contributed by atoms with Crippen molar-refractivity contribution in [2.24, 2.45) is 0 Å². The number of benzene rings is 2. The normalized spacial score (nSPS) is 14.8. The number of ether oxygens (including phenoxy) is 1. The SMILES string of the molecule is Cc1ccc(C(Cl)c2cc(Cl)cc3c2OCC3)c(Br)c1. The summed E-state index contributed by atoms with van der Waals surface area (Å²) in [4.78, 5) is 0. The van der Waals surface area contributed by atoms with E-state index in [1.807, 2.05) is 18.2 Å². The topological polar surface area (TPSA) is 9.23 Å². The molecule has 0 spiro atoms. The van der Waals surface area contributed by atoms with Crippen LogP contribution in [0.1, 0.15) is 27.6 Å². The van der Waals surface area contributed by atoms with Crippen molar-refractivity contribution in [3.05, 3.63) is 62.1 Å². The van der Waals surface area contributed by atoms with Crippen LogP contribution in [0.25, 0.3) is 0 Å². The van der Waals surface area contributed by atoms with Crippen LogP contribution in [0.15, 0.2) is 34.8 Å². The highest BCUT2D eigenvalue weighted by Gasteiger charge is 2.24. The minimum Gasteiger partial charge on any atom is -0.493 e. The Morgan fingerprint density at radius 2 is 2.00 bits per heavy atom. The summed E-state index contributed by atoms with van der Waals surface area (Å²) in [6.45, 7) is 2.75. The first-order chi connectivity index (χ1) is 9.56. The molecular formula is C16H13BrCl2O. The zero-order chi connectivity index (χ0) is 14.3. The third kappa shape index (κ3) is 2.57. The molecule has 104 valence electrons.